The van der Waals surface area contributed by atoms with Crippen LogP contribution in [0.2, 0.25) is 0 Å². The van der Waals surface area contributed by atoms with Gasteiger partial charge in [-0.05, 0) is 46.2 Å². The first-order chi connectivity index (χ1) is 11.1. The van der Waals surface area contributed by atoms with Crippen LogP contribution in [0, 0.1) is 0 Å². The SMILES string of the molecule is CCN(CC)Cc1ccc(CNC(=O)c2cncc(Br)c2)cc1. The second-order valence-electron chi connectivity index (χ2n) is 5.35. The molecule has 0 radical (unpaired) electrons. The van der Waals surface area contributed by atoms with E-state index in [2.05, 4.69) is 69.2 Å². The minimum atomic E-state index is -0.119. The van der Waals surface area contributed by atoms with E-state index in [1.807, 2.05) is 0 Å². The summed E-state index contributed by atoms with van der Waals surface area (Å²) in [6, 6.07) is 10.1. The highest BCUT2D eigenvalue weighted by molar-refractivity contribution is 9.10. The van der Waals surface area contributed by atoms with Crippen molar-refractivity contribution < 1.29 is 4.79 Å². The Labute approximate surface area is 146 Å². The quantitative estimate of drug-likeness (QED) is 0.803. The molecule has 0 aliphatic carbocycles. The van der Waals surface area contributed by atoms with Crippen LogP contribution in [0.4, 0.5) is 0 Å². The molecule has 4 nitrogen and oxygen atoms in total. The standard InChI is InChI=1S/C18H22BrN3O/c1-3-22(4-2)13-15-7-5-14(6-8-15)10-21-18(23)16-9-17(19)12-20-11-16/h5-9,11-12H,3-4,10,13H2,1-2H3,(H,21,23). The lowest BCUT2D eigenvalue weighted by Crippen LogP contribution is -2.23. The molecule has 122 valence electrons. The Hall–Kier alpha value is -1.72. The van der Waals surface area contributed by atoms with E-state index in [1.165, 1.54) is 5.56 Å². The molecule has 23 heavy (non-hydrogen) atoms. The second kappa shape index (κ2) is 8.79. The molecule has 0 fully saturated rings. The van der Waals surface area contributed by atoms with Crippen molar-refractivity contribution in [3.8, 4) is 0 Å². The minimum Gasteiger partial charge on any atom is -0.348 e. The molecule has 1 amide bonds. The van der Waals surface area contributed by atoms with Gasteiger partial charge in [-0.1, -0.05) is 38.1 Å². The van der Waals surface area contributed by atoms with E-state index in [0.29, 0.717) is 12.1 Å². The number of hydrogen-bond acceptors (Lipinski definition) is 3. The predicted octanol–water partition coefficient (Wildman–Crippen LogP) is 3.62. The van der Waals surface area contributed by atoms with Crippen LogP contribution in [-0.4, -0.2) is 28.9 Å². The molecule has 0 aliphatic rings. The number of carbonyl (C=O) groups excluding carboxylic acids is 1. The molecule has 1 aromatic carbocycles. The third-order valence-electron chi connectivity index (χ3n) is 3.74. The van der Waals surface area contributed by atoms with Gasteiger partial charge in [0.25, 0.3) is 5.91 Å². The first-order valence-corrected chi connectivity index (χ1v) is 8.60. The molecule has 0 bridgehead atoms. The van der Waals surface area contributed by atoms with E-state index in [-0.39, 0.29) is 5.91 Å². The van der Waals surface area contributed by atoms with Crippen LogP contribution in [0.3, 0.4) is 0 Å². The Kier molecular flexibility index (Phi) is 6.74. The Morgan fingerprint density at radius 2 is 1.78 bits per heavy atom. The van der Waals surface area contributed by atoms with Crippen molar-refractivity contribution in [2.24, 2.45) is 0 Å². The summed E-state index contributed by atoms with van der Waals surface area (Å²) in [6.45, 7) is 7.92. The average molecular weight is 376 g/mol. The molecule has 5 heteroatoms. The second-order valence-corrected chi connectivity index (χ2v) is 6.27. The fraction of sp³-hybridized carbons (Fsp3) is 0.333. The van der Waals surface area contributed by atoms with Crippen LogP contribution >= 0.6 is 15.9 Å². The number of benzene rings is 1. The highest BCUT2D eigenvalue weighted by Crippen LogP contribution is 2.10. The molecule has 0 aliphatic heterocycles. The summed E-state index contributed by atoms with van der Waals surface area (Å²) in [7, 11) is 0. The summed E-state index contributed by atoms with van der Waals surface area (Å²) in [4.78, 5) is 18.5. The highest BCUT2D eigenvalue weighted by atomic mass is 79.9. The van der Waals surface area contributed by atoms with Gasteiger partial charge >= 0.3 is 0 Å². The van der Waals surface area contributed by atoms with Gasteiger partial charge in [0.2, 0.25) is 0 Å². The van der Waals surface area contributed by atoms with Crippen molar-refractivity contribution in [3.63, 3.8) is 0 Å². The Morgan fingerprint density at radius 1 is 1.13 bits per heavy atom. The van der Waals surface area contributed by atoms with Crippen molar-refractivity contribution in [2.45, 2.75) is 26.9 Å². The molecule has 2 rings (SSSR count). The molecular formula is C18H22BrN3O. The molecular weight excluding hydrogens is 354 g/mol. The number of nitrogens with one attached hydrogen (secondary N) is 1. The number of aromatic nitrogens is 1. The molecule has 2 aromatic rings. The predicted molar refractivity (Wildman–Crippen MR) is 96.2 cm³/mol. The monoisotopic (exact) mass is 375 g/mol. The van der Waals surface area contributed by atoms with Gasteiger partial charge in [0.05, 0.1) is 5.56 Å². The lowest BCUT2D eigenvalue weighted by atomic mass is 10.1. The van der Waals surface area contributed by atoms with Crippen LogP contribution in [0.5, 0.6) is 0 Å². The number of halogens is 1. The summed E-state index contributed by atoms with van der Waals surface area (Å²) in [5, 5.41) is 2.91. The van der Waals surface area contributed by atoms with Crippen molar-refractivity contribution >= 4 is 21.8 Å². The van der Waals surface area contributed by atoms with E-state index in [1.54, 1.807) is 18.5 Å². The molecule has 1 heterocycles. The maximum atomic E-state index is 12.1. The number of carbonyl (C=O) groups is 1. The lowest BCUT2D eigenvalue weighted by molar-refractivity contribution is 0.0950. The van der Waals surface area contributed by atoms with Crippen LogP contribution in [0.1, 0.15) is 35.3 Å². The molecule has 0 unspecified atom stereocenters. The largest absolute Gasteiger partial charge is 0.348 e. The van der Waals surface area contributed by atoms with Crippen molar-refractivity contribution in [3.05, 3.63) is 63.9 Å². The van der Waals surface area contributed by atoms with Gasteiger partial charge in [-0.25, -0.2) is 0 Å². The van der Waals surface area contributed by atoms with Gasteiger partial charge in [-0.3, -0.25) is 14.7 Å². The molecule has 0 saturated heterocycles. The zero-order valence-corrected chi connectivity index (χ0v) is 15.1. The molecule has 1 aromatic heterocycles. The molecule has 0 saturated carbocycles. The van der Waals surface area contributed by atoms with E-state index >= 15 is 0 Å². The number of rotatable bonds is 7. The van der Waals surface area contributed by atoms with Gasteiger partial charge in [-0.15, -0.1) is 0 Å². The minimum absolute atomic E-state index is 0.119. The third kappa shape index (κ3) is 5.44. The Balaban J connectivity index is 1.90. The first kappa shape index (κ1) is 17.6. The van der Waals surface area contributed by atoms with Gasteiger partial charge in [0.1, 0.15) is 0 Å². The van der Waals surface area contributed by atoms with Gasteiger partial charge in [0, 0.05) is 30.0 Å². The molecule has 0 atom stereocenters. The lowest BCUT2D eigenvalue weighted by Gasteiger charge is -2.18. The first-order valence-electron chi connectivity index (χ1n) is 7.81. The zero-order valence-electron chi connectivity index (χ0n) is 13.6. The topological polar surface area (TPSA) is 45.2 Å². The van der Waals surface area contributed by atoms with E-state index < -0.39 is 0 Å². The van der Waals surface area contributed by atoms with Crippen molar-refractivity contribution in [1.82, 2.24) is 15.2 Å². The number of pyridine rings is 1. The zero-order chi connectivity index (χ0) is 16.7. The summed E-state index contributed by atoms with van der Waals surface area (Å²) < 4.78 is 0.797. The summed E-state index contributed by atoms with van der Waals surface area (Å²) in [6.07, 6.45) is 3.22. The average Bonchev–Trinajstić information content (AvgIpc) is 2.58. The van der Waals surface area contributed by atoms with Crippen LogP contribution in [0.25, 0.3) is 0 Å². The fourth-order valence-electron chi connectivity index (χ4n) is 2.29. The Bertz CT molecular complexity index is 639. The van der Waals surface area contributed by atoms with E-state index in [9.17, 15) is 4.79 Å². The fourth-order valence-corrected chi connectivity index (χ4v) is 2.65. The third-order valence-corrected chi connectivity index (χ3v) is 4.18. The van der Waals surface area contributed by atoms with Crippen LogP contribution < -0.4 is 5.32 Å². The normalized spacial score (nSPS) is 10.8. The van der Waals surface area contributed by atoms with Gasteiger partial charge in [-0.2, -0.15) is 0 Å². The van der Waals surface area contributed by atoms with Crippen LogP contribution in [0.15, 0.2) is 47.2 Å². The smallest absolute Gasteiger partial charge is 0.253 e. The van der Waals surface area contributed by atoms with Crippen LogP contribution in [-0.2, 0) is 13.1 Å². The van der Waals surface area contributed by atoms with E-state index in [0.717, 1.165) is 29.7 Å². The maximum absolute atomic E-state index is 12.1. The van der Waals surface area contributed by atoms with Gasteiger partial charge in [0.15, 0.2) is 0 Å². The van der Waals surface area contributed by atoms with Gasteiger partial charge < -0.3 is 5.32 Å². The maximum Gasteiger partial charge on any atom is 0.253 e. The highest BCUT2D eigenvalue weighted by Gasteiger charge is 2.06. The van der Waals surface area contributed by atoms with Crippen molar-refractivity contribution in [1.29, 1.82) is 0 Å². The Morgan fingerprint density at radius 3 is 2.39 bits per heavy atom. The molecule has 0 spiro atoms. The van der Waals surface area contributed by atoms with Crippen molar-refractivity contribution in [2.75, 3.05) is 13.1 Å². The molecule has 1 N–H and O–H groups in total. The number of amides is 1. The summed E-state index contributed by atoms with van der Waals surface area (Å²) in [5.74, 6) is -0.119. The number of nitrogens with zero attached hydrogens (tertiary/aromatic N) is 2. The summed E-state index contributed by atoms with van der Waals surface area (Å²) in [5.41, 5.74) is 2.93. The summed E-state index contributed by atoms with van der Waals surface area (Å²) >= 11 is 3.32. The number of hydrogen-bond donors (Lipinski definition) is 1. The van der Waals surface area contributed by atoms with E-state index in [4.69, 9.17) is 0 Å².